The Morgan fingerprint density at radius 3 is 2.19 bits per heavy atom. The molecule has 2 aromatic rings. The van der Waals surface area contributed by atoms with Crippen LogP contribution in [0.3, 0.4) is 0 Å². The fourth-order valence-corrected chi connectivity index (χ4v) is 5.34. The zero-order chi connectivity index (χ0) is 23.2. The molecule has 168 valence electrons. The molecule has 0 aliphatic carbocycles. The average Bonchev–Trinajstić information content (AvgIpc) is 2.75. The lowest BCUT2D eigenvalue weighted by atomic mass is 9.98. The lowest BCUT2D eigenvalue weighted by Crippen LogP contribution is -2.52. The molecule has 2 rings (SSSR count). The van der Waals surface area contributed by atoms with Crippen LogP contribution in [-0.2, 0) is 26.2 Å². The maximum absolute atomic E-state index is 13.6. The summed E-state index contributed by atoms with van der Waals surface area (Å²) in [6, 6.07) is 12.5. The van der Waals surface area contributed by atoms with E-state index in [0.717, 1.165) is 15.9 Å². The topological polar surface area (TPSA) is 107 Å². The third-order valence-electron chi connectivity index (χ3n) is 5.05. The molecule has 0 aliphatic rings. The van der Waals surface area contributed by atoms with Crippen molar-refractivity contribution in [3.63, 3.8) is 0 Å². The number of benzene rings is 2. The third kappa shape index (κ3) is 5.68. The Morgan fingerprint density at radius 1 is 1.06 bits per heavy atom. The van der Waals surface area contributed by atoms with Crippen molar-refractivity contribution in [1.82, 2.24) is 4.31 Å². The largest absolute Gasteiger partial charge is 0.460 e. The standard InChI is InChI=1S/C22H28N2O6S/c1-5-17(4)21(22(25)30-15-18-11-7-6-8-12-18)23(16(2)3)31(28,29)20-14-10-9-13-19(20)24(26)27/h6-14,16-17,21H,5,15H2,1-4H3. The van der Waals surface area contributed by atoms with Crippen molar-refractivity contribution >= 4 is 21.7 Å². The number of carbonyl (C=O) groups excluding carboxylic acids is 1. The van der Waals surface area contributed by atoms with Gasteiger partial charge in [-0.05, 0) is 31.4 Å². The van der Waals surface area contributed by atoms with Crippen LogP contribution in [0.4, 0.5) is 5.69 Å². The van der Waals surface area contributed by atoms with Gasteiger partial charge < -0.3 is 4.74 Å². The third-order valence-corrected chi connectivity index (χ3v) is 7.15. The summed E-state index contributed by atoms with van der Waals surface area (Å²) in [7, 11) is -4.37. The van der Waals surface area contributed by atoms with E-state index in [1.807, 2.05) is 25.1 Å². The van der Waals surface area contributed by atoms with E-state index in [4.69, 9.17) is 4.74 Å². The van der Waals surface area contributed by atoms with Gasteiger partial charge in [-0.1, -0.05) is 62.7 Å². The highest BCUT2D eigenvalue weighted by molar-refractivity contribution is 7.89. The van der Waals surface area contributed by atoms with Gasteiger partial charge in [0.05, 0.1) is 4.92 Å². The van der Waals surface area contributed by atoms with Gasteiger partial charge in [0.15, 0.2) is 4.90 Å². The molecule has 2 aromatic carbocycles. The number of hydrogen-bond donors (Lipinski definition) is 0. The van der Waals surface area contributed by atoms with Gasteiger partial charge in [-0.25, -0.2) is 8.42 Å². The quantitative estimate of drug-likeness (QED) is 0.307. The van der Waals surface area contributed by atoms with Crippen molar-refractivity contribution in [3.05, 3.63) is 70.3 Å². The second-order valence-electron chi connectivity index (χ2n) is 7.58. The lowest BCUT2D eigenvalue weighted by Gasteiger charge is -2.35. The molecule has 0 saturated carbocycles. The number of esters is 1. The van der Waals surface area contributed by atoms with Crippen LogP contribution in [0.2, 0.25) is 0 Å². The maximum Gasteiger partial charge on any atom is 0.325 e. The molecule has 0 spiro atoms. The molecule has 0 radical (unpaired) electrons. The summed E-state index contributed by atoms with van der Waals surface area (Å²) in [5.74, 6) is -1.06. The summed E-state index contributed by atoms with van der Waals surface area (Å²) < 4.78 is 33.6. The Morgan fingerprint density at radius 2 is 1.65 bits per heavy atom. The summed E-state index contributed by atoms with van der Waals surface area (Å²) in [5.41, 5.74) is 0.241. The smallest absolute Gasteiger partial charge is 0.325 e. The monoisotopic (exact) mass is 448 g/mol. The predicted molar refractivity (Wildman–Crippen MR) is 117 cm³/mol. The van der Waals surface area contributed by atoms with E-state index >= 15 is 0 Å². The van der Waals surface area contributed by atoms with Crippen LogP contribution in [0.15, 0.2) is 59.5 Å². The summed E-state index contributed by atoms with van der Waals surface area (Å²) in [4.78, 5) is 23.4. The number of nitro benzene ring substituents is 1. The summed E-state index contributed by atoms with van der Waals surface area (Å²) in [6.07, 6.45) is 0.515. The van der Waals surface area contributed by atoms with Crippen LogP contribution in [0.1, 0.15) is 39.7 Å². The summed E-state index contributed by atoms with van der Waals surface area (Å²) in [6.45, 7) is 6.87. The molecular formula is C22H28N2O6S. The van der Waals surface area contributed by atoms with E-state index < -0.39 is 43.6 Å². The number of nitro groups is 1. The SMILES string of the molecule is CCC(C)C(C(=O)OCc1ccccc1)N(C(C)C)S(=O)(=O)c1ccccc1[N+](=O)[O-]. The zero-order valence-corrected chi connectivity index (χ0v) is 18.9. The Bertz CT molecular complexity index is 1010. The van der Waals surface area contributed by atoms with Crippen molar-refractivity contribution in [2.45, 2.75) is 57.7 Å². The summed E-state index contributed by atoms with van der Waals surface area (Å²) >= 11 is 0. The molecule has 0 N–H and O–H groups in total. The maximum atomic E-state index is 13.6. The number of rotatable bonds is 10. The molecule has 0 aromatic heterocycles. The minimum absolute atomic E-state index is 0.00404. The van der Waals surface area contributed by atoms with E-state index in [9.17, 15) is 23.3 Å². The number of para-hydroxylation sites is 1. The van der Waals surface area contributed by atoms with Crippen molar-refractivity contribution < 1.29 is 22.9 Å². The minimum atomic E-state index is -4.37. The molecule has 0 fully saturated rings. The van der Waals surface area contributed by atoms with Crippen molar-refractivity contribution in [3.8, 4) is 0 Å². The Hall–Kier alpha value is -2.78. The van der Waals surface area contributed by atoms with Gasteiger partial charge in [0.2, 0.25) is 0 Å². The fraction of sp³-hybridized carbons (Fsp3) is 0.409. The van der Waals surface area contributed by atoms with E-state index in [-0.39, 0.29) is 12.5 Å². The van der Waals surface area contributed by atoms with Gasteiger partial charge in [0, 0.05) is 12.1 Å². The first kappa shape index (κ1) is 24.5. The lowest BCUT2D eigenvalue weighted by molar-refractivity contribution is -0.387. The normalized spacial score (nSPS) is 13.7. The molecule has 0 saturated heterocycles. The van der Waals surface area contributed by atoms with Gasteiger partial charge in [-0.2, -0.15) is 4.31 Å². The van der Waals surface area contributed by atoms with Crippen LogP contribution in [0.5, 0.6) is 0 Å². The second kappa shape index (κ2) is 10.5. The molecule has 31 heavy (non-hydrogen) atoms. The zero-order valence-electron chi connectivity index (χ0n) is 18.1. The van der Waals surface area contributed by atoms with Gasteiger partial charge in [0.1, 0.15) is 12.6 Å². The van der Waals surface area contributed by atoms with Gasteiger partial charge >= 0.3 is 5.97 Å². The second-order valence-corrected chi connectivity index (χ2v) is 9.39. The van der Waals surface area contributed by atoms with Crippen LogP contribution in [-0.4, -0.2) is 35.7 Å². The van der Waals surface area contributed by atoms with E-state index in [1.54, 1.807) is 32.9 Å². The molecule has 9 heteroatoms. The number of carbonyl (C=O) groups is 1. The molecule has 8 nitrogen and oxygen atoms in total. The van der Waals surface area contributed by atoms with Crippen LogP contribution < -0.4 is 0 Å². The number of hydrogen-bond acceptors (Lipinski definition) is 6. The molecule has 2 unspecified atom stereocenters. The molecular weight excluding hydrogens is 420 g/mol. The Balaban J connectivity index is 2.48. The highest BCUT2D eigenvalue weighted by Gasteiger charge is 2.43. The van der Waals surface area contributed by atoms with Gasteiger partial charge in [-0.15, -0.1) is 0 Å². The predicted octanol–water partition coefficient (Wildman–Crippen LogP) is 4.15. The minimum Gasteiger partial charge on any atom is -0.460 e. The number of nitrogens with zero attached hydrogens (tertiary/aromatic N) is 2. The highest BCUT2D eigenvalue weighted by atomic mass is 32.2. The Labute approximate surface area is 183 Å². The van der Waals surface area contributed by atoms with Crippen molar-refractivity contribution in [2.75, 3.05) is 0 Å². The van der Waals surface area contributed by atoms with Crippen molar-refractivity contribution in [1.29, 1.82) is 0 Å². The Kier molecular flexibility index (Phi) is 8.29. The average molecular weight is 449 g/mol. The molecule has 0 heterocycles. The van der Waals surface area contributed by atoms with Crippen LogP contribution in [0, 0.1) is 16.0 Å². The first-order valence-corrected chi connectivity index (χ1v) is 11.5. The van der Waals surface area contributed by atoms with E-state index in [0.29, 0.717) is 6.42 Å². The molecule has 0 amide bonds. The molecule has 0 aliphatic heterocycles. The molecule has 0 bridgehead atoms. The fourth-order valence-electron chi connectivity index (χ4n) is 3.31. The van der Waals surface area contributed by atoms with Gasteiger partial charge in [0.25, 0.3) is 15.7 Å². The summed E-state index contributed by atoms with van der Waals surface area (Å²) in [5, 5.41) is 11.4. The van der Waals surface area contributed by atoms with Gasteiger partial charge in [-0.3, -0.25) is 14.9 Å². The highest BCUT2D eigenvalue weighted by Crippen LogP contribution is 2.31. The first-order chi connectivity index (χ1) is 14.6. The van der Waals surface area contributed by atoms with Crippen LogP contribution >= 0.6 is 0 Å². The number of ether oxygens (including phenoxy) is 1. The van der Waals surface area contributed by atoms with E-state index in [2.05, 4.69) is 0 Å². The first-order valence-electron chi connectivity index (χ1n) is 10.1. The van der Waals surface area contributed by atoms with E-state index in [1.165, 1.54) is 18.2 Å². The molecule has 2 atom stereocenters. The van der Waals surface area contributed by atoms with Crippen LogP contribution in [0.25, 0.3) is 0 Å². The number of sulfonamides is 1. The van der Waals surface area contributed by atoms with Crippen molar-refractivity contribution in [2.24, 2.45) is 5.92 Å².